The van der Waals surface area contributed by atoms with Gasteiger partial charge in [-0.3, -0.25) is 4.72 Å². The lowest BCUT2D eigenvalue weighted by Crippen LogP contribution is -2.41. The van der Waals surface area contributed by atoms with Gasteiger partial charge in [0.2, 0.25) is 5.95 Å². The Labute approximate surface area is 265 Å². The van der Waals surface area contributed by atoms with Crippen molar-refractivity contribution in [2.75, 3.05) is 23.6 Å². The maximum absolute atomic E-state index is 12.9. The van der Waals surface area contributed by atoms with Gasteiger partial charge in [0, 0.05) is 41.5 Å². The molecule has 232 valence electrons. The van der Waals surface area contributed by atoms with E-state index in [1.165, 1.54) is 44.7 Å². The first-order chi connectivity index (χ1) is 21.2. The normalized spacial score (nSPS) is 19.2. The SMILES string of the molecule is CCc1cc(-c2ccc(NS(=O)(=O)c3ccccc3Cl)nc2C)cc2cnc(NC3CCC(N(C)CC4CCC4)CC3)nc12. The lowest BCUT2D eigenvalue weighted by Gasteiger charge is -2.38. The summed E-state index contributed by atoms with van der Waals surface area (Å²) in [6, 6.07) is 15.2. The van der Waals surface area contributed by atoms with Crippen LogP contribution in [0.25, 0.3) is 22.0 Å². The van der Waals surface area contributed by atoms with E-state index in [9.17, 15) is 8.42 Å². The molecule has 44 heavy (non-hydrogen) atoms. The molecule has 2 aliphatic carbocycles. The van der Waals surface area contributed by atoms with E-state index >= 15 is 0 Å². The summed E-state index contributed by atoms with van der Waals surface area (Å²) >= 11 is 6.13. The molecule has 6 rings (SSSR count). The minimum atomic E-state index is -3.87. The molecule has 2 aliphatic rings. The Balaban J connectivity index is 1.15. The van der Waals surface area contributed by atoms with Gasteiger partial charge in [0.1, 0.15) is 10.7 Å². The summed E-state index contributed by atoms with van der Waals surface area (Å²) in [6.45, 7) is 5.26. The highest BCUT2D eigenvalue weighted by Crippen LogP contribution is 2.33. The van der Waals surface area contributed by atoms with Gasteiger partial charge in [-0.25, -0.2) is 23.4 Å². The van der Waals surface area contributed by atoms with Crippen LogP contribution in [0.2, 0.25) is 5.02 Å². The van der Waals surface area contributed by atoms with Gasteiger partial charge in [-0.2, -0.15) is 0 Å². The highest BCUT2D eigenvalue weighted by Gasteiger charge is 2.27. The van der Waals surface area contributed by atoms with E-state index in [4.69, 9.17) is 21.6 Å². The number of pyridine rings is 1. The molecule has 0 bridgehead atoms. The molecule has 0 unspecified atom stereocenters. The fourth-order valence-electron chi connectivity index (χ4n) is 6.57. The summed E-state index contributed by atoms with van der Waals surface area (Å²) in [5.74, 6) is 1.84. The topological polar surface area (TPSA) is 100 Å². The van der Waals surface area contributed by atoms with Gasteiger partial charge in [-0.1, -0.05) is 37.1 Å². The van der Waals surface area contributed by atoms with Gasteiger partial charge in [0.05, 0.1) is 10.5 Å². The molecule has 4 aromatic rings. The molecule has 10 heteroatoms. The molecule has 0 atom stereocenters. The van der Waals surface area contributed by atoms with Gasteiger partial charge < -0.3 is 10.2 Å². The molecule has 0 radical (unpaired) electrons. The minimum absolute atomic E-state index is 0.0145. The molecule has 0 saturated heterocycles. The van der Waals surface area contributed by atoms with Gasteiger partial charge in [0.15, 0.2) is 0 Å². The summed E-state index contributed by atoms with van der Waals surface area (Å²) in [5.41, 5.74) is 4.71. The monoisotopic (exact) mass is 632 g/mol. The number of fused-ring (bicyclic) bond motifs is 1. The summed E-state index contributed by atoms with van der Waals surface area (Å²) < 4.78 is 28.4. The molecule has 2 heterocycles. The van der Waals surface area contributed by atoms with Crippen molar-refractivity contribution in [3.63, 3.8) is 0 Å². The second kappa shape index (κ2) is 13.0. The lowest BCUT2D eigenvalue weighted by molar-refractivity contribution is 0.133. The lowest BCUT2D eigenvalue weighted by atomic mass is 9.84. The van der Waals surface area contributed by atoms with Crippen molar-refractivity contribution < 1.29 is 8.42 Å². The van der Waals surface area contributed by atoms with E-state index in [1.54, 1.807) is 24.3 Å². The number of benzene rings is 2. The molecule has 8 nitrogen and oxygen atoms in total. The van der Waals surface area contributed by atoms with Crippen molar-refractivity contribution in [3.8, 4) is 11.1 Å². The quantitative estimate of drug-likeness (QED) is 0.187. The zero-order valence-electron chi connectivity index (χ0n) is 25.7. The Morgan fingerprint density at radius 3 is 2.45 bits per heavy atom. The molecule has 0 spiro atoms. The average molecular weight is 633 g/mol. The molecule has 0 aliphatic heterocycles. The third-order valence-corrected chi connectivity index (χ3v) is 11.2. The summed E-state index contributed by atoms with van der Waals surface area (Å²) in [7, 11) is -1.57. The third-order valence-electron chi connectivity index (χ3n) is 9.33. The molecule has 2 N–H and O–H groups in total. The Bertz CT molecular complexity index is 1750. The van der Waals surface area contributed by atoms with Crippen LogP contribution in [-0.2, 0) is 16.4 Å². The molecular weight excluding hydrogens is 592 g/mol. The Morgan fingerprint density at radius 1 is 1.00 bits per heavy atom. The first-order valence-corrected chi connectivity index (χ1v) is 17.6. The van der Waals surface area contributed by atoms with Crippen LogP contribution in [-0.4, -0.2) is 53.9 Å². The highest BCUT2D eigenvalue weighted by molar-refractivity contribution is 7.92. The molecule has 2 saturated carbocycles. The van der Waals surface area contributed by atoms with Crippen LogP contribution in [0.4, 0.5) is 11.8 Å². The van der Waals surface area contributed by atoms with Crippen molar-refractivity contribution in [2.45, 2.75) is 82.2 Å². The number of halogens is 1. The van der Waals surface area contributed by atoms with Crippen LogP contribution in [0.5, 0.6) is 0 Å². The van der Waals surface area contributed by atoms with Gasteiger partial charge in [-0.05, 0) is 112 Å². The van der Waals surface area contributed by atoms with Crippen LogP contribution < -0.4 is 10.0 Å². The van der Waals surface area contributed by atoms with Crippen LogP contribution in [0.1, 0.15) is 63.1 Å². The van der Waals surface area contributed by atoms with Gasteiger partial charge in [-0.15, -0.1) is 0 Å². The van der Waals surface area contributed by atoms with Gasteiger partial charge in [0.25, 0.3) is 10.0 Å². The fourth-order valence-corrected chi connectivity index (χ4v) is 8.09. The number of hydrogen-bond donors (Lipinski definition) is 2. The van der Waals surface area contributed by atoms with Crippen LogP contribution >= 0.6 is 11.6 Å². The summed E-state index contributed by atoms with van der Waals surface area (Å²) in [5, 5.41) is 4.75. The number of aromatic nitrogens is 3. The smallest absolute Gasteiger partial charge is 0.264 e. The van der Waals surface area contributed by atoms with E-state index in [2.05, 4.69) is 46.0 Å². The number of nitrogens with one attached hydrogen (secondary N) is 2. The molecule has 0 amide bonds. The van der Waals surface area contributed by atoms with E-state index in [1.807, 2.05) is 19.2 Å². The summed E-state index contributed by atoms with van der Waals surface area (Å²) in [4.78, 5) is 16.8. The van der Waals surface area contributed by atoms with E-state index in [0.29, 0.717) is 23.7 Å². The predicted octanol–water partition coefficient (Wildman–Crippen LogP) is 7.47. The van der Waals surface area contributed by atoms with Crippen molar-refractivity contribution in [1.82, 2.24) is 19.9 Å². The van der Waals surface area contributed by atoms with Crippen LogP contribution in [0, 0.1) is 12.8 Å². The van der Waals surface area contributed by atoms with Gasteiger partial charge >= 0.3 is 0 Å². The number of aryl methyl sites for hydroxylation is 2. The van der Waals surface area contributed by atoms with Crippen molar-refractivity contribution in [3.05, 3.63) is 71.0 Å². The Morgan fingerprint density at radius 2 is 1.77 bits per heavy atom. The number of hydrogen-bond acceptors (Lipinski definition) is 7. The zero-order valence-corrected chi connectivity index (χ0v) is 27.3. The number of anilines is 2. The molecular formula is C34H41ClN6O2S. The third kappa shape index (κ3) is 6.70. The Hall–Kier alpha value is -3.27. The van der Waals surface area contributed by atoms with Crippen LogP contribution in [0.15, 0.2) is 59.6 Å². The van der Waals surface area contributed by atoms with E-state index in [0.717, 1.165) is 52.8 Å². The van der Waals surface area contributed by atoms with E-state index in [-0.39, 0.29) is 15.7 Å². The van der Waals surface area contributed by atoms with Crippen molar-refractivity contribution >= 4 is 44.3 Å². The fraction of sp³-hybridized carbons (Fsp3) is 0.441. The highest BCUT2D eigenvalue weighted by atomic mass is 35.5. The average Bonchev–Trinajstić information content (AvgIpc) is 2.99. The first kappa shape index (κ1) is 30.7. The molecule has 2 fully saturated rings. The second-order valence-corrected chi connectivity index (χ2v) is 14.4. The largest absolute Gasteiger partial charge is 0.351 e. The second-order valence-electron chi connectivity index (χ2n) is 12.4. The Kier molecular flexibility index (Phi) is 9.08. The van der Waals surface area contributed by atoms with Crippen molar-refractivity contribution in [2.24, 2.45) is 5.92 Å². The minimum Gasteiger partial charge on any atom is -0.351 e. The van der Waals surface area contributed by atoms with Crippen molar-refractivity contribution in [1.29, 1.82) is 0 Å². The van der Waals surface area contributed by atoms with E-state index < -0.39 is 10.0 Å². The zero-order chi connectivity index (χ0) is 30.8. The number of rotatable bonds is 10. The number of nitrogens with zero attached hydrogens (tertiary/aromatic N) is 4. The standard InChI is InChI=1S/C34H41ClN6O2S/c1-4-24-18-25(29-16-17-32(37-22(29)2)40-44(42,43)31-11-6-5-10-30(31)35)19-26-20-36-34(39-33(24)26)38-27-12-14-28(15-13-27)41(3)21-23-8-7-9-23/h5-6,10-11,16-20,23,27-28H,4,7-9,12-15,21H2,1-3H3,(H,37,40)(H,36,38,39). The molecule has 2 aromatic carbocycles. The predicted molar refractivity (Wildman–Crippen MR) is 179 cm³/mol. The first-order valence-electron chi connectivity index (χ1n) is 15.7. The number of sulfonamides is 1. The van der Waals surface area contributed by atoms with Crippen LogP contribution in [0.3, 0.4) is 0 Å². The summed E-state index contributed by atoms with van der Waals surface area (Å²) in [6.07, 6.45) is 11.6. The maximum Gasteiger partial charge on any atom is 0.264 e. The molecule has 2 aromatic heterocycles. The maximum atomic E-state index is 12.9.